The monoisotopic (exact) mass is 299 g/mol. The molecule has 108 valence electrons. The number of aromatic nitrogens is 1. The van der Waals surface area contributed by atoms with E-state index in [2.05, 4.69) is 22.1 Å². The van der Waals surface area contributed by atoms with Crippen molar-refractivity contribution in [2.24, 2.45) is 11.7 Å². The first-order valence-electron chi connectivity index (χ1n) is 6.33. The van der Waals surface area contributed by atoms with Gasteiger partial charge in [0.05, 0.1) is 17.6 Å². The van der Waals surface area contributed by atoms with E-state index in [1.54, 1.807) is 6.20 Å². The van der Waals surface area contributed by atoms with Crippen LogP contribution in [0.25, 0.3) is 0 Å². The van der Waals surface area contributed by atoms with E-state index in [-0.39, 0.29) is 44.1 Å². The van der Waals surface area contributed by atoms with E-state index in [4.69, 9.17) is 5.73 Å². The first kappa shape index (κ1) is 14.9. The van der Waals surface area contributed by atoms with Gasteiger partial charge in [0.15, 0.2) is 5.13 Å². The number of nitrogens with two attached hydrogens (primary N) is 1. The fourth-order valence-corrected chi connectivity index (χ4v) is 2.73. The average Bonchev–Trinajstić information content (AvgIpc) is 2.83. The van der Waals surface area contributed by atoms with Crippen molar-refractivity contribution in [1.82, 2.24) is 4.98 Å². The Bertz CT molecular complexity index is 537. The molecule has 1 aliphatic carbocycles. The second-order valence-corrected chi connectivity index (χ2v) is 5.69. The summed E-state index contributed by atoms with van der Waals surface area (Å²) in [7, 11) is 0. The van der Waals surface area contributed by atoms with Crippen LogP contribution in [0.2, 0.25) is 0 Å². The summed E-state index contributed by atoms with van der Waals surface area (Å²) in [6, 6.07) is 0. The lowest BCUT2D eigenvalue weighted by molar-refractivity contribution is -0.124. The Hall–Kier alpha value is -1.52. The Labute approximate surface area is 119 Å². The molecule has 1 aromatic heterocycles. The van der Waals surface area contributed by atoms with E-state index in [1.165, 1.54) is 11.3 Å². The van der Waals surface area contributed by atoms with Crippen LogP contribution >= 0.6 is 11.3 Å². The molecule has 0 aromatic carbocycles. The van der Waals surface area contributed by atoms with Crippen molar-refractivity contribution in [1.29, 1.82) is 0 Å². The summed E-state index contributed by atoms with van der Waals surface area (Å²) in [5.41, 5.74) is 5.26. The number of carbonyl (C=O) groups is 1. The lowest BCUT2D eigenvalue weighted by Gasteiger charge is -2.26. The summed E-state index contributed by atoms with van der Waals surface area (Å²) >= 11 is 1.24. The first-order chi connectivity index (χ1) is 9.50. The Morgan fingerprint density at radius 2 is 2.25 bits per heavy atom. The maximum absolute atomic E-state index is 13.0. The predicted octanol–water partition coefficient (Wildman–Crippen LogP) is 2.22. The summed E-state index contributed by atoms with van der Waals surface area (Å²) in [5.74, 6) is 2.29. The minimum atomic E-state index is -2.62. The summed E-state index contributed by atoms with van der Waals surface area (Å²) < 4.78 is 26.0. The van der Waals surface area contributed by atoms with Crippen LogP contribution in [0.4, 0.5) is 13.9 Å². The standard InChI is InChI=1S/C13H15F2N3OS/c14-13(15)5-3-9(4-6-13)11(19)18-12-17-8-10(20-12)2-1-7-16/h8-9H,3-7,16H2,(H,17,18,19). The van der Waals surface area contributed by atoms with Crippen molar-refractivity contribution in [2.45, 2.75) is 31.6 Å². The second-order valence-electron chi connectivity index (χ2n) is 4.66. The largest absolute Gasteiger partial charge is 0.320 e. The number of hydrogen-bond acceptors (Lipinski definition) is 4. The number of nitrogens with zero attached hydrogens (tertiary/aromatic N) is 1. The second kappa shape index (κ2) is 6.29. The predicted molar refractivity (Wildman–Crippen MR) is 73.6 cm³/mol. The molecule has 4 nitrogen and oxygen atoms in total. The SMILES string of the molecule is NCC#Cc1cnc(NC(=O)C2CCC(F)(F)CC2)s1. The molecule has 0 atom stereocenters. The van der Waals surface area contributed by atoms with Gasteiger partial charge in [-0.05, 0) is 12.8 Å². The Morgan fingerprint density at radius 3 is 2.90 bits per heavy atom. The fourth-order valence-electron chi connectivity index (χ4n) is 2.04. The van der Waals surface area contributed by atoms with Crippen molar-refractivity contribution in [3.05, 3.63) is 11.1 Å². The smallest absolute Gasteiger partial charge is 0.248 e. The molecule has 0 saturated heterocycles. The summed E-state index contributed by atoms with van der Waals surface area (Å²) in [6.07, 6.45) is 1.53. The Balaban J connectivity index is 1.90. The molecule has 1 aliphatic rings. The third-order valence-electron chi connectivity index (χ3n) is 3.14. The highest BCUT2D eigenvalue weighted by molar-refractivity contribution is 7.16. The molecule has 0 aliphatic heterocycles. The van der Waals surface area contributed by atoms with Gasteiger partial charge >= 0.3 is 0 Å². The molecule has 20 heavy (non-hydrogen) atoms. The molecule has 0 spiro atoms. The van der Waals surface area contributed by atoms with E-state index in [1.807, 2.05) is 0 Å². The third-order valence-corrected chi connectivity index (χ3v) is 3.97. The molecule has 0 radical (unpaired) electrons. The number of nitrogens with one attached hydrogen (secondary N) is 1. The average molecular weight is 299 g/mol. The van der Waals surface area contributed by atoms with Crippen molar-refractivity contribution in [3.8, 4) is 11.8 Å². The maximum atomic E-state index is 13.0. The molecular formula is C13H15F2N3OS. The van der Waals surface area contributed by atoms with Gasteiger partial charge in [0.25, 0.3) is 0 Å². The van der Waals surface area contributed by atoms with Crippen molar-refractivity contribution < 1.29 is 13.6 Å². The van der Waals surface area contributed by atoms with Crippen molar-refractivity contribution in [2.75, 3.05) is 11.9 Å². The highest BCUT2D eigenvalue weighted by atomic mass is 32.1. The number of hydrogen-bond donors (Lipinski definition) is 2. The van der Waals surface area contributed by atoms with E-state index in [9.17, 15) is 13.6 Å². The van der Waals surface area contributed by atoms with Gasteiger partial charge in [0, 0.05) is 18.8 Å². The number of amides is 1. The molecular weight excluding hydrogens is 284 g/mol. The van der Waals surface area contributed by atoms with Crippen molar-refractivity contribution >= 4 is 22.4 Å². The van der Waals surface area contributed by atoms with Crippen LogP contribution in [0.5, 0.6) is 0 Å². The van der Waals surface area contributed by atoms with Crippen LogP contribution in [-0.4, -0.2) is 23.4 Å². The molecule has 3 N–H and O–H groups in total. The quantitative estimate of drug-likeness (QED) is 0.823. The minimum Gasteiger partial charge on any atom is -0.320 e. The maximum Gasteiger partial charge on any atom is 0.248 e. The molecule has 0 bridgehead atoms. The number of thiazole rings is 1. The summed E-state index contributed by atoms with van der Waals surface area (Å²) in [4.78, 5) is 16.7. The normalized spacial score (nSPS) is 18.1. The number of carbonyl (C=O) groups excluding carboxylic acids is 1. The molecule has 2 rings (SSSR count). The van der Waals surface area contributed by atoms with Gasteiger partial charge in [0.2, 0.25) is 11.8 Å². The van der Waals surface area contributed by atoms with Gasteiger partial charge in [0.1, 0.15) is 0 Å². The molecule has 1 aromatic rings. The van der Waals surface area contributed by atoms with E-state index >= 15 is 0 Å². The van der Waals surface area contributed by atoms with Gasteiger partial charge < -0.3 is 11.1 Å². The first-order valence-corrected chi connectivity index (χ1v) is 7.15. The molecule has 7 heteroatoms. The number of rotatable bonds is 2. The zero-order chi connectivity index (χ0) is 14.6. The fraction of sp³-hybridized carbons (Fsp3) is 0.538. The Morgan fingerprint density at radius 1 is 1.55 bits per heavy atom. The number of halogens is 2. The third kappa shape index (κ3) is 3.99. The molecule has 0 unspecified atom stereocenters. The lowest BCUT2D eigenvalue weighted by atomic mass is 9.86. The van der Waals surface area contributed by atoms with Gasteiger partial charge in [-0.15, -0.1) is 0 Å². The zero-order valence-corrected chi connectivity index (χ0v) is 11.6. The lowest BCUT2D eigenvalue weighted by Crippen LogP contribution is -2.31. The molecule has 1 fully saturated rings. The van der Waals surface area contributed by atoms with Crippen LogP contribution in [-0.2, 0) is 4.79 Å². The van der Waals surface area contributed by atoms with Crippen LogP contribution in [0, 0.1) is 17.8 Å². The number of anilines is 1. The topological polar surface area (TPSA) is 68.0 Å². The summed E-state index contributed by atoms with van der Waals surface area (Å²) in [5, 5.41) is 3.10. The Kier molecular flexibility index (Phi) is 4.68. The van der Waals surface area contributed by atoms with E-state index in [0.29, 0.717) is 10.0 Å². The van der Waals surface area contributed by atoms with Crippen LogP contribution in [0.15, 0.2) is 6.20 Å². The zero-order valence-electron chi connectivity index (χ0n) is 10.8. The highest BCUT2D eigenvalue weighted by Crippen LogP contribution is 2.36. The number of alkyl halides is 2. The van der Waals surface area contributed by atoms with Gasteiger partial charge in [-0.3, -0.25) is 4.79 Å². The van der Waals surface area contributed by atoms with Crippen LogP contribution < -0.4 is 11.1 Å². The van der Waals surface area contributed by atoms with Crippen LogP contribution in [0.1, 0.15) is 30.6 Å². The molecule has 1 amide bonds. The summed E-state index contributed by atoms with van der Waals surface area (Å²) in [6.45, 7) is 0.260. The van der Waals surface area contributed by atoms with Gasteiger partial charge in [-0.2, -0.15) is 0 Å². The van der Waals surface area contributed by atoms with Crippen molar-refractivity contribution in [3.63, 3.8) is 0 Å². The highest BCUT2D eigenvalue weighted by Gasteiger charge is 2.37. The van der Waals surface area contributed by atoms with Gasteiger partial charge in [-0.1, -0.05) is 23.2 Å². The van der Waals surface area contributed by atoms with E-state index in [0.717, 1.165) is 0 Å². The minimum absolute atomic E-state index is 0.212. The van der Waals surface area contributed by atoms with E-state index < -0.39 is 5.92 Å². The molecule has 1 heterocycles. The van der Waals surface area contributed by atoms with Gasteiger partial charge in [-0.25, -0.2) is 13.8 Å². The molecule has 1 saturated carbocycles. The van der Waals surface area contributed by atoms with Crippen LogP contribution in [0.3, 0.4) is 0 Å².